The monoisotopic (exact) mass is 877 g/mol. The van der Waals surface area contributed by atoms with E-state index in [1.165, 1.54) is 35.2 Å². The Hall–Kier alpha value is -8.00. The number of rotatable bonds is 17. The minimum atomic E-state index is -1.05. The molecule has 0 radical (unpaired) electrons. The fourth-order valence-corrected chi connectivity index (χ4v) is 7.57. The molecule has 64 heavy (non-hydrogen) atoms. The van der Waals surface area contributed by atoms with Gasteiger partial charge in [0, 0.05) is 60.8 Å². The third-order valence-electron chi connectivity index (χ3n) is 10.9. The molecule has 0 aliphatic carbocycles. The summed E-state index contributed by atoms with van der Waals surface area (Å²) in [6, 6.07) is 17.0. The maximum Gasteiger partial charge on any atom is 0.362 e. The van der Waals surface area contributed by atoms with Gasteiger partial charge in [0.15, 0.2) is 17.3 Å². The first-order valence-corrected chi connectivity index (χ1v) is 19.7. The van der Waals surface area contributed by atoms with Gasteiger partial charge in [0.25, 0.3) is 17.1 Å². The largest absolute Gasteiger partial charge is 0.419 e. The first-order valence-electron chi connectivity index (χ1n) is 19.7. The van der Waals surface area contributed by atoms with E-state index in [1.54, 1.807) is 7.05 Å². The van der Waals surface area contributed by atoms with Crippen molar-refractivity contribution in [1.82, 2.24) is 9.80 Å². The number of hydrogen-bond donors (Lipinski definition) is 0. The van der Waals surface area contributed by atoms with Gasteiger partial charge in [0.2, 0.25) is 5.91 Å². The minimum Gasteiger partial charge on any atom is -0.419 e. The number of Topliss-reactive ketones (excluding diaryl/α,β-unsaturated/α-hetero) is 1. The predicted molar refractivity (Wildman–Crippen MR) is 222 cm³/mol. The number of carbonyl (C=O) groups excluding carboxylic acids is 6. The number of ether oxygens (including phenoxy) is 3. The number of fused-ring (bicyclic) bond motifs is 1. The summed E-state index contributed by atoms with van der Waals surface area (Å²) in [5.41, 5.74) is -0.504. The Labute approximate surface area is 363 Å². The molecule has 0 aromatic heterocycles. The molecule has 1 amide bonds. The molecule has 4 aromatic carbocycles. The lowest BCUT2D eigenvalue weighted by Crippen LogP contribution is -2.62. The Morgan fingerprint density at radius 3 is 1.59 bits per heavy atom. The molecule has 20 nitrogen and oxygen atoms in total. The van der Waals surface area contributed by atoms with Crippen LogP contribution in [0.4, 0.5) is 17.1 Å². The molecule has 330 valence electrons. The van der Waals surface area contributed by atoms with Gasteiger partial charge in [0.05, 0.1) is 43.4 Å². The molecule has 0 spiro atoms. The van der Waals surface area contributed by atoms with Crippen LogP contribution in [-0.2, 0) is 14.3 Å². The van der Waals surface area contributed by atoms with Gasteiger partial charge >= 0.3 is 23.9 Å². The number of hydrogen-bond acceptors (Lipinski definition) is 16. The molecule has 2 aliphatic heterocycles. The molecule has 0 unspecified atom stereocenters. The van der Waals surface area contributed by atoms with Crippen LogP contribution in [0.3, 0.4) is 0 Å². The van der Waals surface area contributed by atoms with E-state index in [0.29, 0.717) is 12.1 Å². The first kappa shape index (κ1) is 45.5. The van der Waals surface area contributed by atoms with Crippen LogP contribution < -0.4 is 9.47 Å². The zero-order chi connectivity index (χ0) is 46.6. The molecule has 20 heteroatoms. The average molecular weight is 878 g/mol. The van der Waals surface area contributed by atoms with Gasteiger partial charge in [-0.15, -0.1) is 0 Å². The molecule has 1 fully saturated rings. The average Bonchev–Trinajstić information content (AvgIpc) is 3.50. The van der Waals surface area contributed by atoms with Crippen LogP contribution in [0, 0.1) is 48.1 Å². The van der Waals surface area contributed by atoms with Crippen LogP contribution >= 0.6 is 0 Å². The summed E-state index contributed by atoms with van der Waals surface area (Å²) in [5.74, 6) is -6.06. The number of β-lactam (4-membered cyclic amide) rings is 1. The zero-order valence-corrected chi connectivity index (χ0v) is 34.7. The van der Waals surface area contributed by atoms with Crippen molar-refractivity contribution in [1.29, 1.82) is 0 Å². The summed E-state index contributed by atoms with van der Waals surface area (Å²) >= 11 is 0. The molecule has 4 aromatic rings. The molecular formula is C44H39N5O15. The number of amides is 1. The van der Waals surface area contributed by atoms with Crippen LogP contribution in [0.1, 0.15) is 75.0 Å². The fraction of sp³-hybridized carbons (Fsp3) is 0.273. The van der Waals surface area contributed by atoms with Crippen molar-refractivity contribution in [2.75, 3.05) is 20.1 Å². The van der Waals surface area contributed by atoms with Crippen molar-refractivity contribution in [2.45, 2.75) is 39.7 Å². The van der Waals surface area contributed by atoms with Gasteiger partial charge in [-0.3, -0.25) is 39.9 Å². The maximum absolute atomic E-state index is 13.6. The van der Waals surface area contributed by atoms with Crippen molar-refractivity contribution in [3.8, 4) is 11.5 Å². The van der Waals surface area contributed by atoms with E-state index >= 15 is 0 Å². The van der Waals surface area contributed by atoms with Gasteiger partial charge in [0.1, 0.15) is 5.70 Å². The van der Waals surface area contributed by atoms with Crippen molar-refractivity contribution in [2.24, 2.45) is 17.8 Å². The Kier molecular flexibility index (Phi) is 13.5. The molecular weight excluding hydrogens is 839 g/mol. The van der Waals surface area contributed by atoms with E-state index in [0.717, 1.165) is 60.7 Å². The van der Waals surface area contributed by atoms with Gasteiger partial charge in [-0.1, -0.05) is 20.8 Å². The van der Waals surface area contributed by atoms with Gasteiger partial charge in [-0.05, 0) is 86.1 Å². The molecule has 0 saturated carbocycles. The molecule has 1 saturated heterocycles. The number of nitro benzene ring substituents is 3. The van der Waals surface area contributed by atoms with Crippen LogP contribution in [0.5, 0.6) is 11.5 Å². The van der Waals surface area contributed by atoms with Crippen LogP contribution in [0.25, 0.3) is 0 Å². The SMILES string of the molecule is CC(C)[C@H]1C(=O)N2C(C(=O)OC(=O)c3ccc([N+](=O)[O-])cc3)=C(CN(C)CCCC(=O)c3ccc(OC(=O)c4ccc([N+](=O)[O-])cc4)c(OC(=O)c4ccc([N+](=O)[O-])cc4)c3)[C@H](C)[C@H]12. The highest BCUT2D eigenvalue weighted by Gasteiger charge is 2.59. The number of benzene rings is 4. The predicted octanol–water partition coefficient (Wildman–Crippen LogP) is 6.51. The molecule has 0 N–H and O–H groups in total. The second-order valence-electron chi connectivity index (χ2n) is 15.4. The highest BCUT2D eigenvalue weighted by molar-refractivity contribution is 6.06. The number of esters is 4. The second-order valence-corrected chi connectivity index (χ2v) is 15.4. The standard InChI is InChI=1S/C44H39N5O15/c1-24(2)37-38-25(3)33(39(46(38)40(37)51)44(55)64-43(54)28-11-18-32(19-12-28)49(60)61)23-45(4)21-5-6-34(50)29-13-20-35(62-41(52)26-7-14-30(15-8-26)47(56)57)36(22-29)63-42(53)27-9-16-31(17-10-27)48(58)59/h7-20,22,24-25,37-38H,5-6,21,23H2,1-4H3/t25-,37+,38+/m0/s1. The summed E-state index contributed by atoms with van der Waals surface area (Å²) < 4.78 is 16.2. The van der Waals surface area contributed by atoms with E-state index in [9.17, 15) is 59.1 Å². The maximum atomic E-state index is 13.6. The fourth-order valence-electron chi connectivity index (χ4n) is 7.57. The molecule has 2 heterocycles. The molecule has 3 atom stereocenters. The van der Waals surface area contributed by atoms with Gasteiger partial charge in [-0.25, -0.2) is 19.2 Å². The van der Waals surface area contributed by atoms with Crippen molar-refractivity contribution in [3.63, 3.8) is 0 Å². The van der Waals surface area contributed by atoms with Crippen molar-refractivity contribution >= 4 is 52.6 Å². The number of ketones is 1. The lowest BCUT2D eigenvalue weighted by atomic mass is 9.74. The summed E-state index contributed by atoms with van der Waals surface area (Å²) in [7, 11) is 1.75. The van der Waals surface area contributed by atoms with Crippen LogP contribution in [0.15, 0.2) is 102 Å². The Morgan fingerprint density at radius 1 is 0.672 bits per heavy atom. The number of likely N-dealkylation sites (N-methyl/N-ethyl adjacent to an activating group) is 1. The topological polar surface area (TPSA) is 266 Å². The van der Waals surface area contributed by atoms with E-state index < -0.39 is 44.4 Å². The number of nitrogens with zero attached hydrogens (tertiary/aromatic N) is 5. The highest BCUT2D eigenvalue weighted by atomic mass is 16.6. The minimum absolute atomic E-state index is 0.0299. The van der Waals surface area contributed by atoms with Crippen molar-refractivity contribution in [3.05, 3.63) is 155 Å². The number of non-ortho nitro benzene ring substituents is 3. The summed E-state index contributed by atoms with van der Waals surface area (Å²) in [5, 5.41) is 33.2. The van der Waals surface area contributed by atoms with E-state index in [1.807, 2.05) is 25.7 Å². The van der Waals surface area contributed by atoms with Crippen LogP contribution in [0.2, 0.25) is 0 Å². The lowest BCUT2D eigenvalue weighted by molar-refractivity contribution is -0.385. The van der Waals surface area contributed by atoms with E-state index in [2.05, 4.69) is 0 Å². The third kappa shape index (κ3) is 9.71. The quantitative estimate of drug-likeness (QED) is 0.0208. The normalized spacial score (nSPS) is 16.5. The Morgan fingerprint density at radius 2 is 1.12 bits per heavy atom. The molecule has 0 bridgehead atoms. The molecule has 2 aliphatic rings. The lowest BCUT2D eigenvalue weighted by Gasteiger charge is -2.47. The highest BCUT2D eigenvalue weighted by Crippen LogP contribution is 2.49. The zero-order valence-electron chi connectivity index (χ0n) is 34.7. The number of nitro groups is 3. The number of carbonyl (C=O) groups is 6. The van der Waals surface area contributed by atoms with Crippen molar-refractivity contribution < 1.29 is 57.7 Å². The summed E-state index contributed by atoms with van der Waals surface area (Å²) in [6.07, 6.45) is 0.253. The van der Waals surface area contributed by atoms with E-state index in [-0.39, 0.29) is 106 Å². The molecule has 6 rings (SSSR count). The second kappa shape index (κ2) is 18.9. The smallest absolute Gasteiger partial charge is 0.362 e. The Balaban J connectivity index is 1.16. The Bertz CT molecular complexity index is 2610. The first-order chi connectivity index (χ1) is 30.4. The van der Waals surface area contributed by atoms with Gasteiger partial charge in [-0.2, -0.15) is 0 Å². The summed E-state index contributed by atoms with van der Waals surface area (Å²) in [4.78, 5) is 114. The third-order valence-corrected chi connectivity index (χ3v) is 10.9. The summed E-state index contributed by atoms with van der Waals surface area (Å²) in [6.45, 7) is 6.15. The van der Waals surface area contributed by atoms with Crippen LogP contribution in [-0.4, -0.2) is 86.3 Å². The van der Waals surface area contributed by atoms with Gasteiger partial charge < -0.3 is 24.0 Å². The van der Waals surface area contributed by atoms with E-state index in [4.69, 9.17) is 14.2 Å².